The summed E-state index contributed by atoms with van der Waals surface area (Å²) in [7, 11) is 0. The normalized spacial score (nSPS) is 16.3. The Bertz CT molecular complexity index is 960. The number of alkyl halides is 3. The molecule has 1 aromatic heterocycles. The van der Waals surface area contributed by atoms with Gasteiger partial charge in [0.25, 0.3) is 5.91 Å². The SMILES string of the molecule is C=CC(=O)Nc1ccc(C(=O)N2CC[C@H](Nc3ncc(C(F)(F)F)cn3)C2)cc1C. The summed E-state index contributed by atoms with van der Waals surface area (Å²) in [4.78, 5) is 33.3. The number of aryl methyl sites for hydroxylation is 1. The minimum Gasteiger partial charge on any atom is -0.350 e. The van der Waals surface area contributed by atoms with Crippen LogP contribution in [0, 0.1) is 6.92 Å². The first-order chi connectivity index (χ1) is 14.2. The number of benzene rings is 1. The number of carbonyl (C=O) groups is 2. The molecule has 1 saturated heterocycles. The monoisotopic (exact) mass is 419 g/mol. The Morgan fingerprint density at radius 2 is 1.97 bits per heavy atom. The fourth-order valence-electron chi connectivity index (χ4n) is 3.10. The number of hydrogen-bond acceptors (Lipinski definition) is 5. The summed E-state index contributed by atoms with van der Waals surface area (Å²) in [6.07, 6.45) is -1.26. The Morgan fingerprint density at radius 3 is 2.57 bits per heavy atom. The molecule has 1 aromatic carbocycles. The van der Waals surface area contributed by atoms with E-state index in [1.807, 2.05) is 0 Å². The van der Waals surface area contributed by atoms with Crippen molar-refractivity contribution in [2.75, 3.05) is 23.7 Å². The van der Waals surface area contributed by atoms with Gasteiger partial charge in [-0.25, -0.2) is 9.97 Å². The Balaban J connectivity index is 1.61. The van der Waals surface area contributed by atoms with Gasteiger partial charge in [0, 0.05) is 42.8 Å². The molecule has 1 aliphatic rings. The number of likely N-dealkylation sites (tertiary alicyclic amines) is 1. The largest absolute Gasteiger partial charge is 0.419 e. The number of aromatic nitrogens is 2. The van der Waals surface area contributed by atoms with Crippen LogP contribution in [0.4, 0.5) is 24.8 Å². The highest BCUT2D eigenvalue weighted by atomic mass is 19.4. The van der Waals surface area contributed by atoms with Crippen LogP contribution in [0.2, 0.25) is 0 Å². The summed E-state index contributed by atoms with van der Waals surface area (Å²) in [5.74, 6) is -0.422. The molecule has 10 heteroatoms. The van der Waals surface area contributed by atoms with Gasteiger partial charge < -0.3 is 15.5 Å². The van der Waals surface area contributed by atoms with Crippen LogP contribution in [0.3, 0.4) is 0 Å². The van der Waals surface area contributed by atoms with Crippen LogP contribution in [0.15, 0.2) is 43.2 Å². The lowest BCUT2D eigenvalue weighted by Gasteiger charge is -2.18. The van der Waals surface area contributed by atoms with Gasteiger partial charge >= 0.3 is 6.18 Å². The minimum atomic E-state index is -4.49. The molecule has 0 spiro atoms. The van der Waals surface area contributed by atoms with Gasteiger partial charge in [0.15, 0.2) is 0 Å². The second-order valence-corrected chi connectivity index (χ2v) is 6.90. The van der Waals surface area contributed by atoms with Crippen molar-refractivity contribution < 1.29 is 22.8 Å². The number of halogens is 3. The fraction of sp³-hybridized carbons (Fsp3) is 0.300. The summed E-state index contributed by atoms with van der Waals surface area (Å²) in [5, 5.41) is 5.63. The maximum Gasteiger partial charge on any atom is 0.419 e. The molecule has 0 unspecified atom stereocenters. The highest BCUT2D eigenvalue weighted by Crippen LogP contribution is 2.28. The van der Waals surface area contributed by atoms with Crippen LogP contribution < -0.4 is 10.6 Å². The molecule has 0 saturated carbocycles. The van der Waals surface area contributed by atoms with Crippen molar-refractivity contribution in [3.8, 4) is 0 Å². The summed E-state index contributed by atoms with van der Waals surface area (Å²) < 4.78 is 37.8. The summed E-state index contributed by atoms with van der Waals surface area (Å²) in [6, 6.07) is 4.82. The number of nitrogens with one attached hydrogen (secondary N) is 2. The Morgan fingerprint density at radius 1 is 1.27 bits per heavy atom. The maximum absolute atomic E-state index is 12.8. The van der Waals surface area contributed by atoms with Gasteiger partial charge in [-0.3, -0.25) is 9.59 Å². The van der Waals surface area contributed by atoms with E-state index in [0.29, 0.717) is 30.8 Å². The zero-order valence-corrected chi connectivity index (χ0v) is 16.2. The van der Waals surface area contributed by atoms with E-state index in [1.165, 1.54) is 0 Å². The molecule has 1 aliphatic heterocycles. The third kappa shape index (κ3) is 4.94. The number of amides is 2. The van der Waals surface area contributed by atoms with Crippen LogP contribution >= 0.6 is 0 Å². The van der Waals surface area contributed by atoms with Gasteiger partial charge in [-0.1, -0.05) is 6.58 Å². The molecular weight excluding hydrogens is 399 g/mol. The van der Waals surface area contributed by atoms with E-state index in [0.717, 1.165) is 24.0 Å². The van der Waals surface area contributed by atoms with E-state index < -0.39 is 11.7 Å². The van der Waals surface area contributed by atoms with E-state index in [9.17, 15) is 22.8 Å². The first-order valence-electron chi connectivity index (χ1n) is 9.16. The van der Waals surface area contributed by atoms with Gasteiger partial charge in [-0.15, -0.1) is 0 Å². The zero-order valence-electron chi connectivity index (χ0n) is 16.2. The minimum absolute atomic E-state index is 0.0838. The number of nitrogens with zero attached hydrogens (tertiary/aromatic N) is 3. The lowest BCUT2D eigenvalue weighted by atomic mass is 10.1. The summed E-state index contributed by atoms with van der Waals surface area (Å²) in [5.41, 5.74) is 0.898. The predicted molar refractivity (Wildman–Crippen MR) is 105 cm³/mol. The number of rotatable bonds is 5. The van der Waals surface area contributed by atoms with E-state index in [1.54, 1.807) is 30.0 Å². The van der Waals surface area contributed by atoms with Gasteiger partial charge in [0.05, 0.1) is 5.56 Å². The predicted octanol–water partition coefficient (Wildman–Crippen LogP) is 3.25. The van der Waals surface area contributed by atoms with Crippen LogP contribution in [-0.2, 0) is 11.0 Å². The number of anilines is 2. The standard InChI is InChI=1S/C20H20F3N5O2/c1-3-17(29)27-16-5-4-13(8-12(16)2)18(30)28-7-6-15(11-28)26-19-24-9-14(10-25-19)20(21,22)23/h3-5,8-10,15H,1,6-7,11H2,2H3,(H,27,29)(H,24,25,26)/t15-/m0/s1. The van der Waals surface area contributed by atoms with E-state index in [4.69, 9.17) is 0 Å². The van der Waals surface area contributed by atoms with E-state index in [-0.39, 0.29) is 23.8 Å². The quantitative estimate of drug-likeness (QED) is 0.727. The van der Waals surface area contributed by atoms with Gasteiger partial charge in [-0.2, -0.15) is 13.2 Å². The molecular formula is C20H20F3N5O2. The van der Waals surface area contributed by atoms with Crippen molar-refractivity contribution in [3.05, 3.63) is 59.9 Å². The maximum atomic E-state index is 12.8. The molecule has 7 nitrogen and oxygen atoms in total. The molecule has 158 valence electrons. The third-order valence-corrected chi connectivity index (χ3v) is 4.70. The topological polar surface area (TPSA) is 87.2 Å². The molecule has 2 amide bonds. The Labute approximate surface area is 171 Å². The van der Waals surface area contributed by atoms with Crippen molar-refractivity contribution >= 4 is 23.5 Å². The van der Waals surface area contributed by atoms with E-state index >= 15 is 0 Å². The molecule has 0 aliphatic carbocycles. The zero-order chi connectivity index (χ0) is 21.9. The van der Waals surface area contributed by atoms with E-state index in [2.05, 4.69) is 27.2 Å². The molecule has 30 heavy (non-hydrogen) atoms. The molecule has 2 heterocycles. The molecule has 2 N–H and O–H groups in total. The summed E-state index contributed by atoms with van der Waals surface area (Å²) in [6.45, 7) is 6.05. The van der Waals surface area contributed by atoms with Crippen molar-refractivity contribution in [1.29, 1.82) is 0 Å². The van der Waals surface area contributed by atoms with Crippen molar-refractivity contribution in [2.45, 2.75) is 25.6 Å². The first kappa shape index (κ1) is 21.3. The summed E-state index contributed by atoms with van der Waals surface area (Å²) >= 11 is 0. The Kier molecular flexibility index (Phi) is 6.04. The van der Waals surface area contributed by atoms with Gasteiger partial charge in [-0.05, 0) is 43.2 Å². The lowest BCUT2D eigenvalue weighted by Crippen LogP contribution is -2.32. The number of carbonyl (C=O) groups excluding carboxylic acids is 2. The number of hydrogen-bond donors (Lipinski definition) is 2. The molecule has 0 bridgehead atoms. The van der Waals surface area contributed by atoms with Crippen molar-refractivity contribution in [1.82, 2.24) is 14.9 Å². The molecule has 0 radical (unpaired) electrons. The lowest BCUT2D eigenvalue weighted by molar-refractivity contribution is -0.138. The third-order valence-electron chi connectivity index (χ3n) is 4.70. The second kappa shape index (κ2) is 8.52. The van der Waals surface area contributed by atoms with Crippen LogP contribution in [0.25, 0.3) is 0 Å². The van der Waals surface area contributed by atoms with Gasteiger partial charge in [0.2, 0.25) is 11.9 Å². The molecule has 2 aromatic rings. The first-order valence-corrected chi connectivity index (χ1v) is 9.16. The fourth-order valence-corrected chi connectivity index (χ4v) is 3.10. The second-order valence-electron chi connectivity index (χ2n) is 6.90. The smallest absolute Gasteiger partial charge is 0.350 e. The average molecular weight is 419 g/mol. The molecule has 1 atom stereocenters. The van der Waals surface area contributed by atoms with Crippen LogP contribution in [-0.4, -0.2) is 45.8 Å². The molecule has 1 fully saturated rings. The highest BCUT2D eigenvalue weighted by Gasteiger charge is 2.32. The van der Waals surface area contributed by atoms with Crippen molar-refractivity contribution in [3.63, 3.8) is 0 Å². The van der Waals surface area contributed by atoms with Crippen molar-refractivity contribution in [2.24, 2.45) is 0 Å². The van der Waals surface area contributed by atoms with Crippen LogP contribution in [0.5, 0.6) is 0 Å². The molecule has 3 rings (SSSR count). The van der Waals surface area contributed by atoms with Crippen LogP contribution in [0.1, 0.15) is 27.9 Å². The Hall–Kier alpha value is -3.43. The average Bonchev–Trinajstić information content (AvgIpc) is 3.17. The van der Waals surface area contributed by atoms with Gasteiger partial charge in [0.1, 0.15) is 0 Å². The highest BCUT2D eigenvalue weighted by molar-refractivity contribution is 6.00.